The van der Waals surface area contributed by atoms with E-state index in [1.807, 2.05) is 0 Å². The van der Waals surface area contributed by atoms with Crippen LogP contribution in [0.15, 0.2) is 29.6 Å². The van der Waals surface area contributed by atoms with E-state index in [4.69, 9.17) is 4.74 Å². The molecule has 3 rings (SSSR count). The quantitative estimate of drug-likeness (QED) is 0.682. The molecule has 0 bridgehead atoms. The maximum atomic E-state index is 5.80. The highest BCUT2D eigenvalue weighted by molar-refractivity contribution is 7.17. The molecule has 0 atom stereocenters. The van der Waals surface area contributed by atoms with Crippen molar-refractivity contribution in [2.45, 2.75) is 32.2 Å². The smallest absolute Gasteiger partial charge is 0.0593 e. The fourth-order valence-corrected chi connectivity index (χ4v) is 3.46. The summed E-state index contributed by atoms with van der Waals surface area (Å²) in [6.07, 6.45) is 3.78. The zero-order valence-corrected chi connectivity index (χ0v) is 13.0. The maximum absolute atomic E-state index is 5.80. The van der Waals surface area contributed by atoms with E-state index in [0.717, 1.165) is 38.8 Å². The molecule has 1 heterocycles. The third kappa shape index (κ3) is 3.60. The van der Waals surface area contributed by atoms with Gasteiger partial charge in [0.25, 0.3) is 0 Å². The molecule has 3 heteroatoms. The van der Waals surface area contributed by atoms with Crippen molar-refractivity contribution in [1.29, 1.82) is 0 Å². The molecule has 0 aliphatic heterocycles. The van der Waals surface area contributed by atoms with Crippen LogP contribution in [0.3, 0.4) is 0 Å². The third-order valence-corrected chi connectivity index (χ3v) is 4.94. The summed E-state index contributed by atoms with van der Waals surface area (Å²) in [5.74, 6) is 0. The molecule has 0 amide bonds. The normalized spacial score (nSPS) is 15.3. The predicted octanol–water partition coefficient (Wildman–Crippen LogP) is 3.94. The Kier molecular flexibility index (Phi) is 4.71. The first-order valence-corrected chi connectivity index (χ1v) is 8.52. The summed E-state index contributed by atoms with van der Waals surface area (Å²) in [7, 11) is 0. The highest BCUT2D eigenvalue weighted by atomic mass is 32.1. The number of likely N-dealkylation sites (N-methyl/N-ethyl adjacent to an activating group) is 1. The second-order valence-corrected chi connectivity index (χ2v) is 6.46. The molecule has 1 saturated carbocycles. The number of ether oxygens (including phenoxy) is 1. The van der Waals surface area contributed by atoms with Gasteiger partial charge in [-0.05, 0) is 54.3 Å². The van der Waals surface area contributed by atoms with Crippen LogP contribution in [0.4, 0.5) is 0 Å². The predicted molar refractivity (Wildman–Crippen MR) is 86.6 cm³/mol. The average molecular weight is 289 g/mol. The first kappa shape index (κ1) is 14.1. The third-order valence-electron chi connectivity index (χ3n) is 4.04. The van der Waals surface area contributed by atoms with Crippen LogP contribution in [-0.2, 0) is 11.2 Å². The van der Waals surface area contributed by atoms with E-state index < -0.39 is 0 Å². The van der Waals surface area contributed by atoms with Crippen molar-refractivity contribution >= 4 is 21.4 Å². The Morgan fingerprint density at radius 2 is 2.15 bits per heavy atom. The average Bonchev–Trinajstić information content (AvgIpc) is 3.20. The van der Waals surface area contributed by atoms with Gasteiger partial charge in [0.1, 0.15) is 0 Å². The van der Waals surface area contributed by atoms with Gasteiger partial charge in [0, 0.05) is 17.3 Å². The molecule has 0 spiro atoms. The second-order valence-electron chi connectivity index (χ2n) is 5.51. The molecule has 108 valence electrons. The summed E-state index contributed by atoms with van der Waals surface area (Å²) in [4.78, 5) is 2.54. The minimum Gasteiger partial charge on any atom is -0.380 e. The molecule has 0 saturated heterocycles. The molecule has 1 aliphatic carbocycles. The summed E-state index contributed by atoms with van der Waals surface area (Å²) in [5, 5.41) is 3.51. The molecule has 0 radical (unpaired) electrons. The van der Waals surface area contributed by atoms with Crippen molar-refractivity contribution < 1.29 is 4.74 Å². The summed E-state index contributed by atoms with van der Waals surface area (Å²) < 4.78 is 7.18. The van der Waals surface area contributed by atoms with Crippen LogP contribution in [0.25, 0.3) is 10.1 Å². The number of hydrogen-bond acceptors (Lipinski definition) is 3. The summed E-state index contributed by atoms with van der Waals surface area (Å²) in [6.45, 7) is 6.19. The van der Waals surface area contributed by atoms with Crippen LogP contribution in [0, 0.1) is 0 Å². The van der Waals surface area contributed by atoms with Crippen molar-refractivity contribution in [3.63, 3.8) is 0 Å². The van der Waals surface area contributed by atoms with Gasteiger partial charge in [0.15, 0.2) is 0 Å². The maximum Gasteiger partial charge on any atom is 0.0593 e. The lowest BCUT2D eigenvalue weighted by molar-refractivity contribution is 0.105. The lowest BCUT2D eigenvalue weighted by Gasteiger charge is -2.19. The fourth-order valence-electron chi connectivity index (χ4n) is 2.68. The molecule has 1 fully saturated rings. The van der Waals surface area contributed by atoms with Crippen LogP contribution in [0.1, 0.15) is 25.3 Å². The second kappa shape index (κ2) is 6.70. The Balaban J connectivity index is 1.38. The van der Waals surface area contributed by atoms with Gasteiger partial charge in [-0.1, -0.05) is 19.1 Å². The van der Waals surface area contributed by atoms with Crippen molar-refractivity contribution in [2.75, 3.05) is 26.3 Å². The Morgan fingerprint density at radius 3 is 2.95 bits per heavy atom. The van der Waals surface area contributed by atoms with Crippen LogP contribution in [0.2, 0.25) is 0 Å². The van der Waals surface area contributed by atoms with E-state index in [1.165, 1.54) is 28.5 Å². The Hall–Kier alpha value is -0.900. The Bertz CT molecular complexity index is 547. The number of hydrogen-bond donors (Lipinski definition) is 0. The first-order chi connectivity index (χ1) is 9.86. The molecule has 2 nitrogen and oxygen atoms in total. The summed E-state index contributed by atoms with van der Waals surface area (Å²) in [5.41, 5.74) is 1.38. The van der Waals surface area contributed by atoms with Crippen LogP contribution >= 0.6 is 11.3 Å². The van der Waals surface area contributed by atoms with Gasteiger partial charge in [-0.25, -0.2) is 0 Å². The van der Waals surface area contributed by atoms with Crippen molar-refractivity contribution in [3.8, 4) is 0 Å². The lowest BCUT2D eigenvalue weighted by Crippen LogP contribution is -2.29. The highest BCUT2D eigenvalue weighted by Crippen LogP contribution is 2.26. The largest absolute Gasteiger partial charge is 0.380 e. The zero-order valence-electron chi connectivity index (χ0n) is 12.2. The summed E-state index contributed by atoms with van der Waals surface area (Å²) >= 11 is 1.81. The van der Waals surface area contributed by atoms with E-state index in [9.17, 15) is 0 Å². The minimum absolute atomic E-state index is 0.831. The molecular weight excluding hydrogens is 266 g/mol. The van der Waals surface area contributed by atoms with E-state index in [1.54, 1.807) is 11.3 Å². The molecular formula is C17H23NOS. The minimum atomic E-state index is 0.831. The fraction of sp³-hybridized carbons (Fsp3) is 0.529. The first-order valence-electron chi connectivity index (χ1n) is 7.65. The Labute approximate surface area is 125 Å². The van der Waals surface area contributed by atoms with E-state index in [0.29, 0.717) is 0 Å². The Morgan fingerprint density at radius 1 is 1.25 bits per heavy atom. The molecule has 2 aromatic rings. The van der Waals surface area contributed by atoms with E-state index >= 15 is 0 Å². The van der Waals surface area contributed by atoms with Gasteiger partial charge in [0.2, 0.25) is 0 Å². The number of benzene rings is 1. The number of fused-ring (bicyclic) bond motifs is 1. The van der Waals surface area contributed by atoms with Crippen molar-refractivity contribution in [2.24, 2.45) is 0 Å². The molecule has 1 aromatic carbocycles. The SMILES string of the molecule is CCN(CCOCCc1ccc2sccc2c1)C1CC1. The number of nitrogens with zero attached hydrogens (tertiary/aromatic N) is 1. The van der Waals surface area contributed by atoms with Gasteiger partial charge < -0.3 is 4.74 Å². The molecule has 1 aromatic heterocycles. The monoisotopic (exact) mass is 289 g/mol. The molecule has 20 heavy (non-hydrogen) atoms. The van der Waals surface area contributed by atoms with Crippen molar-refractivity contribution in [1.82, 2.24) is 4.90 Å². The summed E-state index contributed by atoms with van der Waals surface area (Å²) in [6, 6.07) is 9.78. The van der Waals surface area contributed by atoms with Gasteiger partial charge >= 0.3 is 0 Å². The van der Waals surface area contributed by atoms with Crippen LogP contribution in [0.5, 0.6) is 0 Å². The van der Waals surface area contributed by atoms with E-state index in [-0.39, 0.29) is 0 Å². The van der Waals surface area contributed by atoms with Crippen LogP contribution < -0.4 is 0 Å². The van der Waals surface area contributed by atoms with Gasteiger partial charge in [0.05, 0.1) is 13.2 Å². The number of rotatable bonds is 8. The molecule has 0 N–H and O–H groups in total. The van der Waals surface area contributed by atoms with Gasteiger partial charge in [-0.2, -0.15) is 0 Å². The highest BCUT2D eigenvalue weighted by Gasteiger charge is 2.27. The molecule has 1 aliphatic rings. The van der Waals surface area contributed by atoms with Crippen molar-refractivity contribution in [3.05, 3.63) is 35.2 Å². The molecule has 0 unspecified atom stereocenters. The zero-order chi connectivity index (χ0) is 13.8. The van der Waals surface area contributed by atoms with Crippen LogP contribution in [-0.4, -0.2) is 37.2 Å². The van der Waals surface area contributed by atoms with Gasteiger partial charge in [-0.3, -0.25) is 4.90 Å². The van der Waals surface area contributed by atoms with Gasteiger partial charge in [-0.15, -0.1) is 11.3 Å². The topological polar surface area (TPSA) is 12.5 Å². The van der Waals surface area contributed by atoms with E-state index in [2.05, 4.69) is 41.5 Å². The standard InChI is InChI=1S/C17H23NOS/c1-2-18(16-4-5-16)9-11-19-10-7-14-3-6-17-15(13-14)8-12-20-17/h3,6,8,12-13,16H,2,4-5,7,9-11H2,1H3. The lowest BCUT2D eigenvalue weighted by atomic mass is 10.1. The number of thiophene rings is 1.